The van der Waals surface area contributed by atoms with Gasteiger partial charge >= 0.3 is 0 Å². The molecule has 4 heterocycles. The van der Waals surface area contributed by atoms with E-state index in [-0.39, 0.29) is 18.2 Å². The monoisotopic (exact) mass is 397 g/mol. The van der Waals surface area contributed by atoms with Crippen LogP contribution in [0, 0.1) is 11.3 Å². The Balaban J connectivity index is 1.73. The molecule has 3 aromatic heterocycles. The Kier molecular flexibility index (Phi) is 5.08. The number of ether oxygens (including phenoxy) is 3. The van der Waals surface area contributed by atoms with E-state index in [1.807, 2.05) is 25.5 Å². The van der Waals surface area contributed by atoms with Gasteiger partial charge in [-0.15, -0.1) is 5.10 Å². The Labute approximate surface area is 168 Å². The van der Waals surface area contributed by atoms with E-state index in [1.54, 1.807) is 30.3 Å². The van der Waals surface area contributed by atoms with Gasteiger partial charge < -0.3 is 24.1 Å². The summed E-state index contributed by atoms with van der Waals surface area (Å²) in [5, 5.41) is 17.9. The van der Waals surface area contributed by atoms with Crippen molar-refractivity contribution in [2.24, 2.45) is 7.05 Å². The van der Waals surface area contributed by atoms with E-state index in [4.69, 9.17) is 14.2 Å². The third-order valence-corrected chi connectivity index (χ3v) is 4.71. The van der Waals surface area contributed by atoms with Crippen molar-refractivity contribution in [3.63, 3.8) is 0 Å². The van der Waals surface area contributed by atoms with Gasteiger partial charge in [0.2, 0.25) is 5.95 Å². The summed E-state index contributed by atoms with van der Waals surface area (Å²) >= 11 is 0. The molecule has 0 spiro atoms. The zero-order valence-corrected chi connectivity index (χ0v) is 16.8. The molecule has 29 heavy (non-hydrogen) atoms. The number of methoxy groups -OCH3 is 1. The van der Waals surface area contributed by atoms with Gasteiger partial charge in [-0.2, -0.15) is 10.2 Å². The minimum atomic E-state index is -0.145. The van der Waals surface area contributed by atoms with Crippen molar-refractivity contribution in [3.8, 4) is 11.9 Å². The summed E-state index contributed by atoms with van der Waals surface area (Å²) in [6.07, 6.45) is 3.33. The van der Waals surface area contributed by atoms with Crippen LogP contribution < -0.4 is 10.1 Å². The zero-order valence-electron chi connectivity index (χ0n) is 16.8. The minimum Gasteiger partial charge on any atom is -0.472 e. The maximum absolute atomic E-state index is 9.62. The molecule has 0 aromatic carbocycles. The first-order valence-corrected chi connectivity index (χ1v) is 9.36. The van der Waals surface area contributed by atoms with E-state index in [2.05, 4.69) is 26.5 Å². The summed E-state index contributed by atoms with van der Waals surface area (Å²) in [5.41, 5.74) is 1.80. The number of rotatable bonds is 6. The fourth-order valence-electron chi connectivity index (χ4n) is 3.46. The van der Waals surface area contributed by atoms with Gasteiger partial charge in [-0.1, -0.05) is 0 Å². The van der Waals surface area contributed by atoms with E-state index >= 15 is 0 Å². The normalized spacial score (nSPS) is 19.0. The van der Waals surface area contributed by atoms with Crippen molar-refractivity contribution >= 4 is 22.7 Å². The van der Waals surface area contributed by atoms with Crippen LogP contribution in [0.2, 0.25) is 0 Å². The van der Waals surface area contributed by atoms with Crippen LogP contribution >= 0.6 is 0 Å². The van der Waals surface area contributed by atoms with Crippen molar-refractivity contribution < 1.29 is 14.2 Å². The summed E-state index contributed by atoms with van der Waals surface area (Å²) in [7, 11) is 3.46. The highest BCUT2D eigenvalue weighted by Gasteiger charge is 2.32. The predicted octanol–water partition coefficient (Wildman–Crippen LogP) is 2.15. The Hall–Kier alpha value is -3.16. The molecular formula is C19H23N7O3. The number of fused-ring (bicyclic) bond motifs is 1. The molecule has 1 aliphatic rings. The van der Waals surface area contributed by atoms with E-state index in [1.165, 1.54) is 0 Å². The first-order valence-electron chi connectivity index (χ1n) is 9.36. The summed E-state index contributed by atoms with van der Waals surface area (Å²) < 4.78 is 20.4. The predicted molar refractivity (Wildman–Crippen MR) is 105 cm³/mol. The van der Waals surface area contributed by atoms with Gasteiger partial charge in [0.15, 0.2) is 0 Å². The Morgan fingerprint density at radius 3 is 2.93 bits per heavy atom. The van der Waals surface area contributed by atoms with Gasteiger partial charge in [-0.25, -0.2) is 4.98 Å². The lowest BCUT2D eigenvalue weighted by molar-refractivity contribution is 0.0690. The lowest BCUT2D eigenvalue weighted by Gasteiger charge is -2.19. The molecule has 0 unspecified atom stereocenters. The molecule has 10 heteroatoms. The Bertz CT molecular complexity index is 1070. The van der Waals surface area contributed by atoms with Gasteiger partial charge in [0.05, 0.1) is 31.6 Å². The summed E-state index contributed by atoms with van der Waals surface area (Å²) in [6.45, 7) is 4.81. The topological polar surface area (TPSA) is 112 Å². The molecule has 0 amide bonds. The maximum atomic E-state index is 9.62. The minimum absolute atomic E-state index is 0.0161. The third kappa shape index (κ3) is 3.62. The third-order valence-electron chi connectivity index (χ3n) is 4.71. The van der Waals surface area contributed by atoms with Gasteiger partial charge in [0, 0.05) is 25.7 Å². The molecule has 152 valence electrons. The van der Waals surface area contributed by atoms with Gasteiger partial charge in [-0.05, 0) is 19.9 Å². The molecule has 0 bridgehead atoms. The average Bonchev–Trinajstić information content (AvgIpc) is 3.37. The molecule has 0 aliphatic carbocycles. The highest BCUT2D eigenvalue weighted by atomic mass is 16.5. The molecule has 1 aliphatic heterocycles. The summed E-state index contributed by atoms with van der Waals surface area (Å²) in [4.78, 5) is 9.05. The molecule has 10 nitrogen and oxygen atoms in total. The number of hydrogen-bond acceptors (Lipinski definition) is 8. The van der Waals surface area contributed by atoms with Crippen LogP contribution in [-0.2, 0) is 16.5 Å². The second-order valence-corrected chi connectivity index (χ2v) is 7.18. The molecular weight excluding hydrogens is 374 g/mol. The zero-order chi connectivity index (χ0) is 20.5. The second-order valence-electron chi connectivity index (χ2n) is 7.18. The second kappa shape index (κ2) is 7.69. The van der Waals surface area contributed by atoms with Crippen molar-refractivity contribution in [3.05, 3.63) is 24.2 Å². The van der Waals surface area contributed by atoms with Crippen LogP contribution in [-0.4, -0.2) is 56.8 Å². The van der Waals surface area contributed by atoms with Crippen LogP contribution in [0.25, 0.3) is 11.0 Å². The van der Waals surface area contributed by atoms with Crippen LogP contribution in [0.3, 0.4) is 0 Å². The molecule has 0 radical (unpaired) electrons. The SMILES string of the molecule is CO[C@@H]1COC[C@@H]1n1c(C#N)cc2cnc(Nc3cn(C)nc3OC(C)C)nc21. The molecule has 3 aromatic rings. The van der Waals surface area contributed by atoms with E-state index < -0.39 is 0 Å². The lowest BCUT2D eigenvalue weighted by Crippen LogP contribution is -2.25. The number of aromatic nitrogens is 5. The van der Waals surface area contributed by atoms with Crippen molar-refractivity contribution in [2.75, 3.05) is 25.6 Å². The van der Waals surface area contributed by atoms with E-state index in [9.17, 15) is 5.26 Å². The fourth-order valence-corrected chi connectivity index (χ4v) is 3.46. The first-order chi connectivity index (χ1) is 14.0. The van der Waals surface area contributed by atoms with Crippen LogP contribution in [0.5, 0.6) is 5.88 Å². The average molecular weight is 397 g/mol. The largest absolute Gasteiger partial charge is 0.472 e. The Morgan fingerprint density at radius 2 is 2.21 bits per heavy atom. The molecule has 1 N–H and O–H groups in total. The van der Waals surface area contributed by atoms with Gasteiger partial charge in [-0.3, -0.25) is 4.68 Å². The lowest BCUT2D eigenvalue weighted by atomic mass is 10.2. The number of nitriles is 1. The Morgan fingerprint density at radius 1 is 1.38 bits per heavy atom. The number of anilines is 2. The van der Waals surface area contributed by atoms with Crippen LogP contribution in [0.4, 0.5) is 11.6 Å². The fraction of sp³-hybridized carbons (Fsp3) is 0.474. The van der Waals surface area contributed by atoms with Crippen molar-refractivity contribution in [1.82, 2.24) is 24.3 Å². The van der Waals surface area contributed by atoms with E-state index in [0.29, 0.717) is 42.1 Å². The number of hydrogen-bond donors (Lipinski definition) is 1. The van der Waals surface area contributed by atoms with Gasteiger partial charge in [0.25, 0.3) is 5.88 Å². The number of aryl methyl sites for hydroxylation is 1. The summed E-state index contributed by atoms with van der Waals surface area (Å²) in [6, 6.07) is 3.89. The smallest absolute Gasteiger partial charge is 0.257 e. The maximum Gasteiger partial charge on any atom is 0.257 e. The van der Waals surface area contributed by atoms with E-state index in [0.717, 1.165) is 5.39 Å². The molecule has 1 fully saturated rings. The quantitative estimate of drug-likeness (QED) is 0.673. The standard InChI is InChI=1S/C19H23N7O3/c1-11(2)29-18-14(8-25(3)24-18)22-19-21-7-12-5-13(6-20)26(17(12)23-19)15-9-28-10-16(15)27-4/h5,7-8,11,15-16H,9-10H2,1-4H3,(H,21,22,23)/t15-,16+/m0/s1. The van der Waals surface area contributed by atoms with Crippen molar-refractivity contribution in [2.45, 2.75) is 32.1 Å². The van der Waals surface area contributed by atoms with Gasteiger partial charge in [0.1, 0.15) is 29.2 Å². The molecule has 1 saturated heterocycles. The van der Waals surface area contributed by atoms with Crippen LogP contribution in [0.15, 0.2) is 18.5 Å². The van der Waals surface area contributed by atoms with Crippen molar-refractivity contribution in [1.29, 1.82) is 5.26 Å². The number of nitrogens with zero attached hydrogens (tertiary/aromatic N) is 6. The summed E-state index contributed by atoms with van der Waals surface area (Å²) in [5.74, 6) is 0.860. The molecule has 4 rings (SSSR count). The highest BCUT2D eigenvalue weighted by Crippen LogP contribution is 2.31. The highest BCUT2D eigenvalue weighted by molar-refractivity contribution is 5.79. The van der Waals surface area contributed by atoms with Crippen LogP contribution in [0.1, 0.15) is 25.6 Å². The first kappa shape index (κ1) is 19.2. The number of nitrogens with one attached hydrogen (secondary N) is 1. The molecule has 2 atom stereocenters. The molecule has 0 saturated carbocycles.